The lowest BCUT2D eigenvalue weighted by Gasteiger charge is -2.38. The number of halogens is 1. The first kappa shape index (κ1) is 25.9. The first-order chi connectivity index (χ1) is 18.3. The number of benzene rings is 1. The minimum absolute atomic E-state index is 0.0105. The van der Waals surface area contributed by atoms with Crippen LogP contribution in [0.4, 0.5) is 5.69 Å². The van der Waals surface area contributed by atoms with E-state index in [4.69, 9.17) is 11.6 Å². The Balaban J connectivity index is 1.44. The summed E-state index contributed by atoms with van der Waals surface area (Å²) in [5.41, 5.74) is 2.73. The fourth-order valence-electron chi connectivity index (χ4n) is 4.55. The van der Waals surface area contributed by atoms with Gasteiger partial charge in [0, 0.05) is 44.2 Å². The molecule has 1 amide bonds. The fourth-order valence-corrected chi connectivity index (χ4v) is 5.56. The van der Waals surface area contributed by atoms with Crippen LogP contribution >= 0.6 is 22.9 Å². The van der Waals surface area contributed by atoms with Crippen LogP contribution in [0.15, 0.2) is 65.7 Å². The zero-order valence-electron chi connectivity index (χ0n) is 21.1. The van der Waals surface area contributed by atoms with Gasteiger partial charge in [-0.05, 0) is 50.2 Å². The first-order valence-corrected chi connectivity index (χ1v) is 13.6. The summed E-state index contributed by atoms with van der Waals surface area (Å²) in [6, 6.07) is 14.2. The first-order valence-electron chi connectivity index (χ1n) is 12.4. The number of pyridine rings is 1. The van der Waals surface area contributed by atoms with E-state index in [1.165, 1.54) is 17.4 Å². The molecular formula is C27H27ClN6O3S. The van der Waals surface area contributed by atoms with E-state index in [1.54, 1.807) is 45.9 Å². The molecule has 0 N–H and O–H groups in total. The monoisotopic (exact) mass is 550 g/mol. The Bertz CT molecular complexity index is 1540. The van der Waals surface area contributed by atoms with Gasteiger partial charge in [-0.25, -0.2) is 4.68 Å². The molecule has 0 unspecified atom stereocenters. The molecule has 9 nitrogen and oxygen atoms in total. The van der Waals surface area contributed by atoms with Crippen molar-refractivity contribution in [2.75, 3.05) is 24.5 Å². The Kier molecular flexibility index (Phi) is 7.44. The van der Waals surface area contributed by atoms with E-state index in [9.17, 15) is 14.4 Å². The van der Waals surface area contributed by atoms with Crippen LogP contribution < -0.4 is 10.5 Å². The third-order valence-corrected chi connectivity index (χ3v) is 7.80. The summed E-state index contributed by atoms with van der Waals surface area (Å²) < 4.78 is 3.81. The molecule has 0 bridgehead atoms. The van der Waals surface area contributed by atoms with Gasteiger partial charge >= 0.3 is 0 Å². The van der Waals surface area contributed by atoms with Crippen molar-refractivity contribution in [1.29, 1.82) is 0 Å². The molecule has 0 atom stereocenters. The highest BCUT2D eigenvalue weighted by molar-refractivity contribution is 7.18. The highest BCUT2D eigenvalue weighted by Crippen LogP contribution is 2.29. The second-order valence-electron chi connectivity index (χ2n) is 9.37. The van der Waals surface area contributed by atoms with Gasteiger partial charge in [-0.15, -0.1) is 16.4 Å². The lowest BCUT2D eigenvalue weighted by atomic mass is 10.1. The number of amides is 1. The van der Waals surface area contributed by atoms with Crippen LogP contribution in [0.3, 0.4) is 0 Å². The second-order valence-corrected chi connectivity index (χ2v) is 11.1. The van der Waals surface area contributed by atoms with Crippen molar-refractivity contribution < 1.29 is 9.59 Å². The van der Waals surface area contributed by atoms with Crippen LogP contribution in [0.5, 0.6) is 0 Å². The number of rotatable bonds is 8. The quantitative estimate of drug-likeness (QED) is 0.308. The Labute approximate surface area is 228 Å². The van der Waals surface area contributed by atoms with Crippen LogP contribution in [-0.2, 0) is 11.2 Å². The van der Waals surface area contributed by atoms with Crippen molar-refractivity contribution in [3.8, 4) is 11.4 Å². The van der Waals surface area contributed by atoms with Crippen molar-refractivity contribution in [1.82, 2.24) is 24.5 Å². The van der Waals surface area contributed by atoms with E-state index in [0.29, 0.717) is 46.5 Å². The van der Waals surface area contributed by atoms with Gasteiger partial charge in [0.15, 0.2) is 5.78 Å². The molecular weight excluding hydrogens is 524 g/mol. The van der Waals surface area contributed by atoms with Gasteiger partial charge in [0.2, 0.25) is 5.91 Å². The standard InChI is InChI=1S/C27H27ClN6O3S/c1-18(2)32-14-13-31(17-27(32)37)22-15-20(33-12-4-3-5-26(33)36)7-8-21(22)34-16-19(29-30-34)6-9-23(35)24-10-11-25(28)38-24/h3-5,7-8,10-12,15-16,18H,6,9,13-14,17H2,1-2H3. The Morgan fingerprint density at radius 2 is 1.92 bits per heavy atom. The van der Waals surface area contributed by atoms with Crippen LogP contribution in [-0.4, -0.2) is 61.8 Å². The van der Waals surface area contributed by atoms with Gasteiger partial charge in [-0.2, -0.15) is 0 Å². The summed E-state index contributed by atoms with van der Waals surface area (Å²) in [4.78, 5) is 42.4. The lowest BCUT2D eigenvalue weighted by Crippen LogP contribution is -2.53. The van der Waals surface area contributed by atoms with Gasteiger partial charge in [-0.3, -0.25) is 19.0 Å². The minimum Gasteiger partial charge on any atom is -0.359 e. The zero-order valence-corrected chi connectivity index (χ0v) is 22.7. The molecule has 4 aromatic rings. The number of aryl methyl sites for hydroxylation is 1. The third kappa shape index (κ3) is 5.41. The minimum atomic E-state index is -0.147. The molecule has 38 heavy (non-hydrogen) atoms. The number of aromatic nitrogens is 4. The summed E-state index contributed by atoms with van der Waals surface area (Å²) in [6.45, 7) is 5.48. The summed E-state index contributed by atoms with van der Waals surface area (Å²) in [7, 11) is 0. The second kappa shape index (κ2) is 10.9. The number of thiophene rings is 1. The van der Waals surface area contributed by atoms with E-state index in [1.807, 2.05) is 41.8 Å². The van der Waals surface area contributed by atoms with Crippen molar-refractivity contribution in [3.63, 3.8) is 0 Å². The smallest absolute Gasteiger partial charge is 0.255 e. The average molecular weight is 551 g/mol. The van der Waals surface area contributed by atoms with E-state index in [-0.39, 0.29) is 29.8 Å². The van der Waals surface area contributed by atoms with Gasteiger partial charge in [-0.1, -0.05) is 22.9 Å². The predicted molar refractivity (Wildman–Crippen MR) is 148 cm³/mol. The number of nitrogens with zero attached hydrogens (tertiary/aromatic N) is 6. The van der Waals surface area contributed by atoms with Crippen LogP contribution in [0, 0.1) is 0 Å². The average Bonchev–Trinajstić information content (AvgIpc) is 3.56. The van der Waals surface area contributed by atoms with E-state index in [2.05, 4.69) is 10.3 Å². The van der Waals surface area contributed by atoms with Crippen LogP contribution in [0.25, 0.3) is 11.4 Å². The Morgan fingerprint density at radius 3 is 2.63 bits per heavy atom. The highest BCUT2D eigenvalue weighted by Gasteiger charge is 2.28. The molecule has 1 aliphatic heterocycles. The summed E-state index contributed by atoms with van der Waals surface area (Å²) in [6.07, 6.45) is 4.25. The van der Waals surface area contributed by atoms with Gasteiger partial charge in [0.05, 0.1) is 44.7 Å². The van der Waals surface area contributed by atoms with Crippen molar-refractivity contribution in [2.45, 2.75) is 32.7 Å². The topological polar surface area (TPSA) is 93.3 Å². The molecule has 4 heterocycles. The maximum absolute atomic E-state index is 12.9. The molecule has 3 aromatic heterocycles. The van der Waals surface area contributed by atoms with Gasteiger partial charge in [0.1, 0.15) is 0 Å². The van der Waals surface area contributed by atoms with Crippen molar-refractivity contribution in [2.24, 2.45) is 0 Å². The van der Waals surface area contributed by atoms with Gasteiger partial charge < -0.3 is 9.80 Å². The fraction of sp³-hybridized carbons (Fsp3) is 0.296. The summed E-state index contributed by atoms with van der Waals surface area (Å²) in [5, 5.41) is 8.61. The van der Waals surface area contributed by atoms with E-state index >= 15 is 0 Å². The van der Waals surface area contributed by atoms with Crippen molar-refractivity contribution >= 4 is 40.3 Å². The number of Topliss-reactive ketones (excluding diaryl/α,β-unsaturated/α-hetero) is 1. The molecule has 0 spiro atoms. The van der Waals surface area contributed by atoms with E-state index in [0.717, 1.165) is 11.4 Å². The molecule has 1 aromatic carbocycles. The molecule has 1 fully saturated rings. The van der Waals surface area contributed by atoms with Crippen LogP contribution in [0.1, 0.15) is 35.6 Å². The maximum Gasteiger partial charge on any atom is 0.255 e. The van der Waals surface area contributed by atoms with Gasteiger partial charge in [0.25, 0.3) is 5.56 Å². The largest absolute Gasteiger partial charge is 0.359 e. The predicted octanol–water partition coefficient (Wildman–Crippen LogP) is 4.01. The third-order valence-electron chi connectivity index (χ3n) is 6.52. The maximum atomic E-state index is 12.9. The number of carbonyl (C=O) groups is 2. The Morgan fingerprint density at radius 1 is 1.08 bits per heavy atom. The molecule has 1 aliphatic rings. The summed E-state index contributed by atoms with van der Waals surface area (Å²) in [5.74, 6) is 0.0577. The highest BCUT2D eigenvalue weighted by atomic mass is 35.5. The molecule has 0 aliphatic carbocycles. The number of hydrogen-bond acceptors (Lipinski definition) is 7. The number of hydrogen-bond donors (Lipinski definition) is 0. The SMILES string of the molecule is CC(C)N1CCN(c2cc(-n3ccccc3=O)ccc2-n2cc(CCC(=O)c3ccc(Cl)s3)nn2)CC1=O. The number of anilines is 1. The van der Waals surface area contributed by atoms with Crippen molar-refractivity contribution in [3.05, 3.63) is 86.2 Å². The zero-order chi connectivity index (χ0) is 26.8. The molecule has 11 heteroatoms. The molecule has 0 radical (unpaired) electrons. The normalized spacial score (nSPS) is 13.9. The number of ketones is 1. The van der Waals surface area contributed by atoms with E-state index < -0.39 is 0 Å². The number of carbonyl (C=O) groups excluding carboxylic acids is 2. The lowest BCUT2D eigenvalue weighted by molar-refractivity contribution is -0.132. The number of piperazine rings is 1. The molecule has 1 saturated heterocycles. The summed E-state index contributed by atoms with van der Waals surface area (Å²) >= 11 is 7.22. The van der Waals surface area contributed by atoms with Crippen LogP contribution in [0.2, 0.25) is 4.34 Å². The molecule has 0 saturated carbocycles. The molecule has 5 rings (SSSR count). The Hall–Kier alpha value is -3.76. The molecule has 196 valence electrons.